The molecular formula is C13H12BF3KNO. The Labute approximate surface area is 158 Å². The van der Waals surface area contributed by atoms with E-state index in [-0.39, 0.29) is 57.1 Å². The molecule has 0 unspecified atom stereocenters. The molecule has 20 heavy (non-hydrogen) atoms. The van der Waals surface area contributed by atoms with E-state index in [9.17, 15) is 12.9 Å². The Hall–Kier alpha value is -0.469. The molecule has 0 aromatic heterocycles. The summed E-state index contributed by atoms with van der Waals surface area (Å²) in [5.74, 6) is 0.206. The van der Waals surface area contributed by atoms with Crippen molar-refractivity contribution in [3.63, 3.8) is 0 Å². The maximum Gasteiger partial charge on any atom is 1.00 e. The smallest absolute Gasteiger partial charge is 0.522 e. The van der Waals surface area contributed by atoms with Gasteiger partial charge in [0, 0.05) is 11.4 Å². The minimum Gasteiger partial charge on any atom is -0.522 e. The Morgan fingerprint density at radius 1 is 0.850 bits per heavy atom. The van der Waals surface area contributed by atoms with Crippen molar-refractivity contribution < 1.29 is 69.1 Å². The van der Waals surface area contributed by atoms with Gasteiger partial charge in [0.05, 0.1) is 6.51 Å². The topological polar surface area (TPSA) is 21.3 Å². The summed E-state index contributed by atoms with van der Waals surface area (Å²) >= 11 is 0. The van der Waals surface area contributed by atoms with Crippen molar-refractivity contribution in [2.24, 2.45) is 0 Å². The Balaban J connectivity index is 0.00000200. The molecule has 0 radical (unpaired) electrons. The van der Waals surface area contributed by atoms with E-state index in [1.54, 1.807) is 12.1 Å². The van der Waals surface area contributed by atoms with Crippen LogP contribution < -0.4 is 61.4 Å². The maximum absolute atomic E-state index is 12.0. The molecule has 2 nitrogen and oxygen atoms in total. The molecule has 0 fully saturated rings. The monoisotopic (exact) mass is 305 g/mol. The van der Waals surface area contributed by atoms with Crippen molar-refractivity contribution in [3.8, 4) is 5.75 Å². The zero-order valence-corrected chi connectivity index (χ0v) is 14.1. The van der Waals surface area contributed by atoms with E-state index >= 15 is 0 Å². The molecule has 100 valence electrons. The Kier molecular flexibility index (Phi) is 7.11. The van der Waals surface area contributed by atoms with Crippen LogP contribution in [0.3, 0.4) is 0 Å². The molecule has 0 bridgehead atoms. The van der Waals surface area contributed by atoms with E-state index in [4.69, 9.17) is 0 Å². The molecule has 2 aromatic rings. The summed E-state index contributed by atoms with van der Waals surface area (Å²) in [4.78, 5) is 0. The number of hydrogen-bond donors (Lipinski definition) is 1. The molecule has 7 heteroatoms. The molecule has 1 N–H and O–H groups in total. The van der Waals surface area contributed by atoms with Gasteiger partial charge in [-0.2, -0.15) is 0 Å². The van der Waals surface area contributed by atoms with Gasteiger partial charge in [0.25, 0.3) is 0 Å². The molecule has 0 amide bonds. The number of rotatable bonds is 5. The average Bonchev–Trinajstić information content (AvgIpc) is 2.38. The molecule has 0 aliphatic carbocycles. The molecule has 2 rings (SSSR count). The molecule has 0 aliphatic rings. The van der Waals surface area contributed by atoms with Crippen LogP contribution in [0.4, 0.5) is 24.3 Å². The first kappa shape index (κ1) is 17.6. The Bertz CT molecular complexity index is 519. The molecule has 2 aromatic carbocycles. The normalized spacial score (nSPS) is 10.6. The zero-order chi connectivity index (χ0) is 13.7. The van der Waals surface area contributed by atoms with Crippen molar-refractivity contribution >= 4 is 18.4 Å². The summed E-state index contributed by atoms with van der Waals surface area (Å²) in [5, 5.41) is 3.13. The summed E-state index contributed by atoms with van der Waals surface area (Å²) < 4.78 is 40.8. The molecule has 0 heterocycles. The van der Waals surface area contributed by atoms with Gasteiger partial charge >= 0.3 is 58.4 Å². The molecule has 0 spiro atoms. The van der Waals surface area contributed by atoms with Crippen molar-refractivity contribution in [2.75, 3.05) is 11.8 Å². The molecule has 0 saturated carbocycles. The number of para-hydroxylation sites is 1. The second-order valence-corrected chi connectivity index (χ2v) is 4.04. The first-order valence-electron chi connectivity index (χ1n) is 5.79. The predicted molar refractivity (Wildman–Crippen MR) is 70.7 cm³/mol. The summed E-state index contributed by atoms with van der Waals surface area (Å²) in [5.41, 5.74) is 1.70. The summed E-state index contributed by atoms with van der Waals surface area (Å²) in [6, 6.07) is 15.8. The van der Waals surface area contributed by atoms with Gasteiger partial charge in [0.2, 0.25) is 0 Å². The van der Waals surface area contributed by atoms with E-state index in [0.717, 1.165) is 11.4 Å². The van der Waals surface area contributed by atoms with Crippen molar-refractivity contribution in [1.29, 1.82) is 0 Å². The molecule has 0 aliphatic heterocycles. The van der Waals surface area contributed by atoms with Crippen LogP contribution in [0.2, 0.25) is 0 Å². The molecular weight excluding hydrogens is 293 g/mol. The average molecular weight is 305 g/mol. The first-order chi connectivity index (χ1) is 9.03. The fraction of sp³-hybridized carbons (Fsp3) is 0.0769. The number of anilines is 2. The van der Waals surface area contributed by atoms with Gasteiger partial charge in [-0.3, -0.25) is 0 Å². The third-order valence-corrected chi connectivity index (χ3v) is 2.36. The van der Waals surface area contributed by atoms with Gasteiger partial charge in [-0.05, 0) is 36.4 Å². The van der Waals surface area contributed by atoms with Crippen LogP contribution in [-0.2, 0) is 0 Å². The minimum absolute atomic E-state index is 0. The fourth-order valence-electron chi connectivity index (χ4n) is 1.51. The number of nitrogens with one attached hydrogen (secondary N) is 1. The Morgan fingerprint density at radius 3 is 1.95 bits per heavy atom. The van der Waals surface area contributed by atoms with Crippen LogP contribution in [0, 0.1) is 0 Å². The van der Waals surface area contributed by atoms with E-state index in [0.29, 0.717) is 0 Å². The fourth-order valence-corrected chi connectivity index (χ4v) is 1.51. The van der Waals surface area contributed by atoms with Crippen LogP contribution in [0.25, 0.3) is 0 Å². The van der Waals surface area contributed by atoms with Crippen LogP contribution in [-0.4, -0.2) is 13.5 Å². The van der Waals surface area contributed by atoms with E-state index < -0.39 is 13.5 Å². The summed E-state index contributed by atoms with van der Waals surface area (Å²) in [6.07, 6.45) is 0. The number of benzene rings is 2. The maximum atomic E-state index is 12.0. The number of hydrogen-bond acceptors (Lipinski definition) is 2. The Morgan fingerprint density at radius 2 is 1.40 bits per heavy atom. The van der Waals surface area contributed by atoms with E-state index in [1.807, 2.05) is 30.3 Å². The molecule has 0 atom stereocenters. The number of halogens is 3. The van der Waals surface area contributed by atoms with Gasteiger partial charge in [-0.15, -0.1) is 0 Å². The van der Waals surface area contributed by atoms with Crippen LogP contribution in [0.15, 0.2) is 54.6 Å². The summed E-state index contributed by atoms with van der Waals surface area (Å²) in [7, 11) is 0. The van der Waals surface area contributed by atoms with Gasteiger partial charge < -0.3 is 23.0 Å². The van der Waals surface area contributed by atoms with Crippen LogP contribution in [0.1, 0.15) is 0 Å². The SMILES string of the molecule is F[B-](F)(F)COc1ccc(Nc2ccccc2)cc1.[K+]. The minimum atomic E-state index is -4.92. The van der Waals surface area contributed by atoms with Crippen molar-refractivity contribution in [2.45, 2.75) is 0 Å². The van der Waals surface area contributed by atoms with E-state index in [1.165, 1.54) is 12.1 Å². The van der Waals surface area contributed by atoms with Crippen LogP contribution >= 0.6 is 0 Å². The van der Waals surface area contributed by atoms with Crippen LogP contribution in [0.5, 0.6) is 5.75 Å². The number of ether oxygens (including phenoxy) is 1. The molecule has 0 saturated heterocycles. The van der Waals surface area contributed by atoms with Gasteiger partial charge in [-0.25, -0.2) is 0 Å². The largest absolute Gasteiger partial charge is 1.00 e. The second kappa shape index (κ2) is 8.09. The summed E-state index contributed by atoms with van der Waals surface area (Å²) in [6.45, 7) is -6.14. The van der Waals surface area contributed by atoms with Crippen molar-refractivity contribution in [3.05, 3.63) is 54.6 Å². The standard InChI is InChI=1S/C13H12BF3NO.K/c15-14(16,17)10-19-13-8-6-12(7-9-13)18-11-4-2-1-3-5-11;/h1-9,18H,10H2;/q-1;+1. The zero-order valence-electron chi connectivity index (χ0n) is 11.0. The van der Waals surface area contributed by atoms with E-state index in [2.05, 4.69) is 10.1 Å². The third-order valence-electron chi connectivity index (χ3n) is 2.36. The second-order valence-electron chi connectivity index (χ2n) is 4.04. The first-order valence-corrected chi connectivity index (χ1v) is 5.79. The van der Waals surface area contributed by atoms with Gasteiger partial charge in [0.15, 0.2) is 0 Å². The van der Waals surface area contributed by atoms with Crippen molar-refractivity contribution in [1.82, 2.24) is 0 Å². The quantitative estimate of drug-likeness (QED) is 0.838. The van der Waals surface area contributed by atoms with Gasteiger partial charge in [-0.1, -0.05) is 18.2 Å². The third kappa shape index (κ3) is 6.32. The predicted octanol–water partition coefficient (Wildman–Crippen LogP) is 1.20. The van der Waals surface area contributed by atoms with Gasteiger partial charge in [0.1, 0.15) is 5.75 Å².